The van der Waals surface area contributed by atoms with Crippen LogP contribution < -0.4 is 9.47 Å². The number of carboxylic acid groups (broad SMARTS) is 1. The van der Waals surface area contributed by atoms with E-state index in [1.165, 1.54) is 18.2 Å². The number of aromatic amines is 2. The number of aliphatic hydroxyl groups excluding tert-OH is 1. The Morgan fingerprint density at radius 1 is 1.41 bits per heavy atom. The number of carboxylic acids is 1. The second-order valence-electron chi connectivity index (χ2n) is 6.31. The number of aromatic carboxylic acids is 1. The average Bonchev–Trinajstić information content (AvgIpc) is 3.26. The summed E-state index contributed by atoms with van der Waals surface area (Å²) in [5, 5.41) is 25.7. The van der Waals surface area contributed by atoms with Crippen molar-refractivity contribution in [2.75, 3.05) is 6.61 Å². The minimum absolute atomic E-state index is 0.0540. The molecule has 152 valence electrons. The first-order valence-electron chi connectivity index (χ1n) is 8.60. The summed E-state index contributed by atoms with van der Waals surface area (Å²) in [7, 11) is 0. The minimum Gasteiger partial charge on any atom is -0.489 e. The fourth-order valence-corrected chi connectivity index (χ4v) is 2.71. The Balaban J connectivity index is 1.94. The molecule has 0 radical (unpaired) electrons. The largest absolute Gasteiger partial charge is 0.489 e. The van der Waals surface area contributed by atoms with Gasteiger partial charge in [0.15, 0.2) is 11.6 Å². The molecule has 0 amide bonds. The Morgan fingerprint density at radius 2 is 2.17 bits per heavy atom. The molecular weight excluding hydrogens is 383 g/mol. The monoisotopic (exact) mass is 402 g/mol. The molecule has 0 spiro atoms. The molecule has 1 aromatic carbocycles. The third kappa shape index (κ3) is 4.11. The van der Waals surface area contributed by atoms with Crippen molar-refractivity contribution in [3.63, 3.8) is 0 Å². The van der Waals surface area contributed by atoms with Gasteiger partial charge in [0.1, 0.15) is 30.1 Å². The van der Waals surface area contributed by atoms with Gasteiger partial charge in [-0.2, -0.15) is 0 Å². The molecule has 2 heterocycles. The van der Waals surface area contributed by atoms with Gasteiger partial charge in [-0.15, -0.1) is 0 Å². The maximum Gasteiger partial charge on any atom is 0.352 e. The van der Waals surface area contributed by atoms with Crippen molar-refractivity contribution < 1.29 is 28.9 Å². The molecule has 0 saturated heterocycles. The number of aromatic nitrogens is 2. The highest BCUT2D eigenvalue weighted by Crippen LogP contribution is 2.29. The van der Waals surface area contributed by atoms with E-state index in [-0.39, 0.29) is 29.3 Å². The van der Waals surface area contributed by atoms with Crippen LogP contribution >= 0.6 is 0 Å². The van der Waals surface area contributed by atoms with E-state index in [2.05, 4.69) is 15.0 Å². The van der Waals surface area contributed by atoms with Crippen molar-refractivity contribution in [2.45, 2.75) is 20.0 Å². The summed E-state index contributed by atoms with van der Waals surface area (Å²) in [5.74, 6) is -1.78. The van der Waals surface area contributed by atoms with Gasteiger partial charge in [-0.3, -0.25) is 5.41 Å². The average molecular weight is 402 g/mol. The van der Waals surface area contributed by atoms with Gasteiger partial charge in [0.25, 0.3) is 0 Å². The van der Waals surface area contributed by atoms with Crippen LogP contribution in [0, 0.1) is 18.2 Å². The Hall–Kier alpha value is -3.66. The van der Waals surface area contributed by atoms with E-state index >= 15 is 0 Å². The second-order valence-corrected chi connectivity index (χ2v) is 6.31. The number of aliphatic hydroxyl groups is 1. The predicted octanol–water partition coefficient (Wildman–Crippen LogP) is 2.83. The second kappa shape index (κ2) is 8.15. The maximum absolute atomic E-state index is 14.9. The quantitative estimate of drug-likeness (QED) is 0.305. The van der Waals surface area contributed by atoms with E-state index in [1.807, 2.05) is 0 Å². The van der Waals surface area contributed by atoms with Crippen molar-refractivity contribution >= 4 is 29.1 Å². The lowest BCUT2D eigenvalue weighted by Gasteiger charge is -2.10. The lowest BCUT2D eigenvalue weighted by Crippen LogP contribution is -2.14. The molecule has 2 aromatic heterocycles. The summed E-state index contributed by atoms with van der Waals surface area (Å²) in [6.45, 7) is 3.39. The highest BCUT2D eigenvalue weighted by atomic mass is 19.1. The van der Waals surface area contributed by atoms with Gasteiger partial charge in [-0.25, -0.2) is 14.2 Å². The van der Waals surface area contributed by atoms with Gasteiger partial charge in [0.2, 0.25) is 5.90 Å². The molecule has 29 heavy (non-hydrogen) atoms. The number of nitrogens with one attached hydrogen (secondary N) is 3. The molecule has 10 heteroatoms. The number of halogens is 1. The van der Waals surface area contributed by atoms with Crippen molar-refractivity contribution in [2.24, 2.45) is 4.99 Å². The Bertz CT molecular complexity index is 1100. The Morgan fingerprint density at radius 3 is 2.83 bits per heavy atom. The van der Waals surface area contributed by atoms with Crippen molar-refractivity contribution in [1.82, 2.24) is 9.97 Å². The lowest BCUT2D eigenvalue weighted by atomic mass is 10.2. The zero-order chi connectivity index (χ0) is 21.1. The molecule has 0 unspecified atom stereocenters. The number of carbonyl (C=O) groups is 1. The zero-order valence-corrected chi connectivity index (χ0v) is 15.6. The van der Waals surface area contributed by atoms with E-state index in [0.29, 0.717) is 22.5 Å². The van der Waals surface area contributed by atoms with Gasteiger partial charge in [0, 0.05) is 22.7 Å². The molecule has 1 atom stereocenters. The van der Waals surface area contributed by atoms with Crippen LogP contribution in [0.4, 0.5) is 4.39 Å². The first-order valence-corrected chi connectivity index (χ1v) is 8.60. The van der Waals surface area contributed by atoms with Crippen LogP contribution in [-0.2, 0) is 0 Å². The molecule has 0 saturated carbocycles. The lowest BCUT2D eigenvalue weighted by molar-refractivity contribution is 0.0691. The first kappa shape index (κ1) is 20.1. The smallest absolute Gasteiger partial charge is 0.352 e. The van der Waals surface area contributed by atoms with E-state index in [9.17, 15) is 14.3 Å². The van der Waals surface area contributed by atoms with Crippen LogP contribution in [0.5, 0.6) is 11.5 Å². The summed E-state index contributed by atoms with van der Waals surface area (Å²) in [5.41, 5.74) is 1.13. The Kier molecular flexibility index (Phi) is 5.64. The standard InChI is InChI=1S/C19H19FN4O5/c1-9(25)7-28-15-6-22-17(10(15)2)18(23-8-21)29-14-4-3-12-11(16(14)20)5-13(24-12)19(26)27/h3-6,8-9,21-22,24-25H,7H2,1-2H3,(H,26,27)/b21-8?,23-18+/t9-/m0/s1. The van der Waals surface area contributed by atoms with E-state index in [1.54, 1.807) is 20.0 Å². The third-order valence-electron chi connectivity index (χ3n) is 4.11. The molecule has 0 aliphatic rings. The number of rotatable bonds is 7. The van der Waals surface area contributed by atoms with Crippen LogP contribution in [0.25, 0.3) is 10.9 Å². The number of aliphatic imine (C=N–C) groups is 1. The minimum atomic E-state index is -1.21. The van der Waals surface area contributed by atoms with Gasteiger partial charge >= 0.3 is 5.97 Å². The fourth-order valence-electron chi connectivity index (χ4n) is 2.71. The van der Waals surface area contributed by atoms with Gasteiger partial charge in [0.05, 0.1) is 6.10 Å². The third-order valence-corrected chi connectivity index (χ3v) is 4.11. The molecule has 9 nitrogen and oxygen atoms in total. The molecule has 3 aromatic rings. The molecule has 0 aliphatic carbocycles. The number of hydrogen-bond acceptors (Lipinski definition) is 5. The van der Waals surface area contributed by atoms with Crippen LogP contribution in [-0.4, -0.2) is 51.1 Å². The van der Waals surface area contributed by atoms with Crippen LogP contribution in [0.1, 0.15) is 28.7 Å². The van der Waals surface area contributed by atoms with Gasteiger partial charge in [-0.05, 0) is 32.0 Å². The number of nitrogens with zero attached hydrogens (tertiary/aromatic N) is 1. The highest BCUT2D eigenvalue weighted by molar-refractivity contribution is 6.00. The fraction of sp³-hybridized carbons (Fsp3) is 0.211. The van der Waals surface area contributed by atoms with Crippen LogP contribution in [0.3, 0.4) is 0 Å². The normalized spacial score (nSPS) is 12.8. The van der Waals surface area contributed by atoms with Crippen LogP contribution in [0.15, 0.2) is 29.4 Å². The first-order chi connectivity index (χ1) is 13.8. The van der Waals surface area contributed by atoms with Gasteiger partial charge < -0.3 is 29.7 Å². The molecule has 0 fully saturated rings. The summed E-state index contributed by atoms with van der Waals surface area (Å²) < 4.78 is 25.9. The van der Waals surface area contributed by atoms with Crippen LogP contribution in [0.2, 0.25) is 0 Å². The summed E-state index contributed by atoms with van der Waals surface area (Å²) in [6, 6.07) is 4.00. The summed E-state index contributed by atoms with van der Waals surface area (Å²) in [4.78, 5) is 20.4. The molecule has 0 bridgehead atoms. The molecule has 5 N–H and O–H groups in total. The number of ether oxygens (including phenoxy) is 2. The van der Waals surface area contributed by atoms with Crippen molar-refractivity contribution in [3.05, 3.63) is 47.2 Å². The van der Waals surface area contributed by atoms with Crippen molar-refractivity contribution in [3.8, 4) is 11.5 Å². The summed E-state index contributed by atoms with van der Waals surface area (Å²) in [6.07, 6.45) is 1.64. The molecular formula is C19H19FN4O5. The zero-order valence-electron chi connectivity index (χ0n) is 15.6. The highest BCUT2D eigenvalue weighted by Gasteiger charge is 2.20. The topological polar surface area (TPSA) is 144 Å². The molecule has 0 aliphatic heterocycles. The summed E-state index contributed by atoms with van der Waals surface area (Å²) >= 11 is 0. The Labute approximate surface area is 164 Å². The number of fused-ring (bicyclic) bond motifs is 1. The number of H-pyrrole nitrogens is 2. The van der Waals surface area contributed by atoms with E-state index in [0.717, 1.165) is 6.34 Å². The maximum atomic E-state index is 14.9. The predicted molar refractivity (Wildman–Crippen MR) is 104 cm³/mol. The van der Waals surface area contributed by atoms with E-state index < -0.39 is 17.9 Å². The van der Waals surface area contributed by atoms with Gasteiger partial charge in [-0.1, -0.05) is 0 Å². The SMILES string of the molecule is Cc1c(OC[C@H](C)O)c[nH]c1/C(=N\C=N)Oc1ccc2[nH]c(C(=O)O)cc2c1F. The van der Waals surface area contributed by atoms with E-state index in [4.69, 9.17) is 20.0 Å². The molecule has 3 rings (SSSR count). The van der Waals surface area contributed by atoms with Crippen molar-refractivity contribution in [1.29, 1.82) is 5.41 Å². The number of hydrogen-bond donors (Lipinski definition) is 5. The number of benzene rings is 1.